The maximum atomic E-state index is 13.8. The first-order valence-electron chi connectivity index (χ1n) is 4.61. The molecule has 1 aromatic heterocycles. The molecule has 0 aliphatic carbocycles. The molecule has 0 unspecified atom stereocenters. The minimum absolute atomic E-state index is 0.263. The number of halogens is 2. The topological polar surface area (TPSA) is 50.9 Å². The van der Waals surface area contributed by atoms with Gasteiger partial charge in [-0.15, -0.1) is 0 Å². The molecule has 0 fully saturated rings. The lowest BCUT2D eigenvalue weighted by molar-refractivity contribution is 0.268. The van der Waals surface area contributed by atoms with Crippen molar-refractivity contribution in [2.24, 2.45) is 0 Å². The zero-order valence-corrected chi connectivity index (χ0v) is 10.1. The minimum Gasteiger partial charge on any atom is -0.388 e. The average Bonchev–Trinajstić information content (AvgIpc) is 2.63. The predicted molar refractivity (Wildman–Crippen MR) is 59.7 cm³/mol. The molecule has 1 aromatic carbocycles. The van der Waals surface area contributed by atoms with E-state index in [1.165, 1.54) is 4.68 Å². The lowest BCUT2D eigenvalue weighted by Gasteiger charge is -2.06. The van der Waals surface area contributed by atoms with E-state index in [1.54, 1.807) is 25.1 Å². The van der Waals surface area contributed by atoms with Crippen LogP contribution in [-0.4, -0.2) is 19.9 Å². The van der Waals surface area contributed by atoms with Crippen LogP contribution in [0.25, 0.3) is 5.69 Å². The van der Waals surface area contributed by atoms with Gasteiger partial charge < -0.3 is 5.11 Å². The molecule has 0 atom stereocenters. The lowest BCUT2D eigenvalue weighted by atomic mass is 10.3. The van der Waals surface area contributed by atoms with Gasteiger partial charge in [-0.2, -0.15) is 5.10 Å². The Hall–Kier alpha value is -1.27. The highest BCUT2D eigenvalue weighted by molar-refractivity contribution is 9.10. The molecule has 2 rings (SSSR count). The zero-order valence-electron chi connectivity index (χ0n) is 8.48. The van der Waals surface area contributed by atoms with Gasteiger partial charge >= 0.3 is 0 Å². The van der Waals surface area contributed by atoms with Crippen molar-refractivity contribution in [1.82, 2.24) is 14.8 Å². The number of hydrogen-bond donors (Lipinski definition) is 1. The van der Waals surface area contributed by atoms with E-state index in [9.17, 15) is 4.39 Å². The third-order valence-electron chi connectivity index (χ3n) is 2.08. The molecule has 0 radical (unpaired) electrons. The summed E-state index contributed by atoms with van der Waals surface area (Å²) in [5, 5.41) is 13.1. The van der Waals surface area contributed by atoms with Gasteiger partial charge in [0.25, 0.3) is 0 Å². The Morgan fingerprint density at radius 3 is 2.94 bits per heavy atom. The molecule has 2 aromatic rings. The molecule has 84 valence electrons. The van der Waals surface area contributed by atoms with E-state index in [0.29, 0.717) is 16.1 Å². The monoisotopic (exact) mass is 285 g/mol. The fourth-order valence-corrected chi connectivity index (χ4v) is 1.77. The molecule has 0 spiro atoms. The van der Waals surface area contributed by atoms with E-state index in [0.717, 1.165) is 0 Å². The van der Waals surface area contributed by atoms with Gasteiger partial charge in [-0.25, -0.2) is 14.1 Å². The number of hydrogen-bond acceptors (Lipinski definition) is 3. The van der Waals surface area contributed by atoms with E-state index >= 15 is 0 Å². The molecular weight excluding hydrogens is 277 g/mol. The number of aliphatic hydroxyl groups excluding tert-OH is 1. The summed E-state index contributed by atoms with van der Waals surface area (Å²) >= 11 is 3.10. The molecular formula is C10H9BrFN3O. The Kier molecular flexibility index (Phi) is 3.02. The van der Waals surface area contributed by atoms with Gasteiger partial charge in [0, 0.05) is 0 Å². The highest BCUT2D eigenvalue weighted by atomic mass is 79.9. The maximum Gasteiger partial charge on any atom is 0.163 e. The Bertz CT molecular complexity index is 527. The average molecular weight is 286 g/mol. The number of aryl methyl sites for hydroxylation is 1. The zero-order chi connectivity index (χ0) is 11.7. The summed E-state index contributed by atoms with van der Waals surface area (Å²) in [6.45, 7) is 1.40. The Balaban J connectivity index is 2.62. The van der Waals surface area contributed by atoms with Crippen LogP contribution in [0.15, 0.2) is 22.7 Å². The summed E-state index contributed by atoms with van der Waals surface area (Å²) < 4.78 is 15.4. The van der Waals surface area contributed by atoms with Crippen LogP contribution in [0.4, 0.5) is 4.39 Å². The van der Waals surface area contributed by atoms with E-state index in [-0.39, 0.29) is 12.3 Å². The van der Waals surface area contributed by atoms with Gasteiger partial charge in [0.15, 0.2) is 11.6 Å². The molecule has 16 heavy (non-hydrogen) atoms. The van der Waals surface area contributed by atoms with Gasteiger partial charge in [-0.3, -0.25) is 0 Å². The Morgan fingerprint density at radius 1 is 1.50 bits per heavy atom. The van der Waals surface area contributed by atoms with Crippen LogP contribution in [0.1, 0.15) is 11.6 Å². The Morgan fingerprint density at radius 2 is 2.25 bits per heavy atom. The molecule has 0 amide bonds. The molecule has 1 N–H and O–H groups in total. The van der Waals surface area contributed by atoms with Crippen molar-refractivity contribution in [2.45, 2.75) is 13.5 Å². The first-order chi connectivity index (χ1) is 7.63. The summed E-state index contributed by atoms with van der Waals surface area (Å²) in [7, 11) is 0. The van der Waals surface area contributed by atoms with Crippen molar-refractivity contribution in [3.63, 3.8) is 0 Å². The maximum absolute atomic E-state index is 13.8. The molecule has 0 bridgehead atoms. The van der Waals surface area contributed by atoms with Crippen LogP contribution >= 0.6 is 15.9 Å². The van der Waals surface area contributed by atoms with Gasteiger partial charge in [-0.1, -0.05) is 6.07 Å². The molecule has 6 heteroatoms. The summed E-state index contributed by atoms with van der Waals surface area (Å²) in [4.78, 5) is 4.00. The largest absolute Gasteiger partial charge is 0.388 e. The number of nitrogens with zero attached hydrogens (tertiary/aromatic N) is 3. The van der Waals surface area contributed by atoms with Crippen LogP contribution in [0, 0.1) is 12.7 Å². The van der Waals surface area contributed by atoms with Crippen molar-refractivity contribution < 1.29 is 9.50 Å². The van der Waals surface area contributed by atoms with E-state index < -0.39 is 5.82 Å². The fourth-order valence-electron chi connectivity index (χ4n) is 1.41. The summed E-state index contributed by atoms with van der Waals surface area (Å²) in [5.41, 5.74) is 0.263. The molecule has 0 saturated heterocycles. The number of benzene rings is 1. The first-order valence-corrected chi connectivity index (χ1v) is 5.40. The smallest absolute Gasteiger partial charge is 0.163 e. The van der Waals surface area contributed by atoms with Crippen molar-refractivity contribution in [3.05, 3.63) is 40.1 Å². The number of rotatable bonds is 2. The van der Waals surface area contributed by atoms with Gasteiger partial charge in [0.1, 0.15) is 18.1 Å². The quantitative estimate of drug-likeness (QED) is 0.918. The molecule has 4 nitrogen and oxygen atoms in total. The van der Waals surface area contributed by atoms with Crippen LogP contribution < -0.4 is 0 Å². The fraction of sp³-hybridized carbons (Fsp3) is 0.200. The molecule has 1 heterocycles. The van der Waals surface area contributed by atoms with Crippen molar-refractivity contribution in [3.8, 4) is 5.69 Å². The van der Waals surface area contributed by atoms with Gasteiger partial charge in [0.05, 0.1) is 4.47 Å². The normalized spacial score (nSPS) is 10.8. The molecule has 0 aliphatic heterocycles. The Labute approximate surface area is 99.9 Å². The second kappa shape index (κ2) is 4.31. The van der Waals surface area contributed by atoms with Gasteiger partial charge in [0.2, 0.25) is 0 Å². The molecule has 0 saturated carbocycles. The third kappa shape index (κ3) is 1.85. The molecule has 0 aliphatic rings. The SMILES string of the molecule is Cc1nc(CO)n(-c2cccc(Br)c2F)n1. The van der Waals surface area contributed by atoms with Crippen LogP contribution in [0.2, 0.25) is 0 Å². The first kappa shape index (κ1) is 11.2. The second-order valence-corrected chi connectivity index (χ2v) is 4.07. The summed E-state index contributed by atoms with van der Waals surface area (Å²) in [5.74, 6) is 0.375. The van der Waals surface area contributed by atoms with E-state index in [4.69, 9.17) is 5.11 Å². The van der Waals surface area contributed by atoms with Crippen molar-refractivity contribution in [1.29, 1.82) is 0 Å². The number of aliphatic hydroxyl groups is 1. The highest BCUT2D eigenvalue weighted by Crippen LogP contribution is 2.22. The standard InChI is InChI=1S/C10H9BrFN3O/c1-6-13-9(5-16)15(14-6)8-4-2-3-7(11)10(8)12/h2-4,16H,5H2,1H3. The lowest BCUT2D eigenvalue weighted by Crippen LogP contribution is -2.05. The van der Waals surface area contributed by atoms with Crippen LogP contribution in [0.5, 0.6) is 0 Å². The van der Waals surface area contributed by atoms with Gasteiger partial charge in [-0.05, 0) is 35.0 Å². The van der Waals surface area contributed by atoms with Crippen LogP contribution in [0.3, 0.4) is 0 Å². The number of aromatic nitrogens is 3. The van der Waals surface area contributed by atoms with Crippen molar-refractivity contribution in [2.75, 3.05) is 0 Å². The van der Waals surface area contributed by atoms with E-state index in [2.05, 4.69) is 26.0 Å². The summed E-state index contributed by atoms with van der Waals surface area (Å²) in [6, 6.07) is 4.87. The summed E-state index contributed by atoms with van der Waals surface area (Å²) in [6.07, 6.45) is 0. The van der Waals surface area contributed by atoms with Crippen LogP contribution in [-0.2, 0) is 6.61 Å². The minimum atomic E-state index is -0.429. The second-order valence-electron chi connectivity index (χ2n) is 3.22. The third-order valence-corrected chi connectivity index (χ3v) is 2.69. The van der Waals surface area contributed by atoms with E-state index in [1.807, 2.05) is 0 Å². The van der Waals surface area contributed by atoms with Crippen molar-refractivity contribution >= 4 is 15.9 Å². The predicted octanol–water partition coefficient (Wildman–Crippen LogP) is 1.97. The highest BCUT2D eigenvalue weighted by Gasteiger charge is 2.13.